The average molecular weight is 341 g/mol. The van der Waals surface area contributed by atoms with Gasteiger partial charge in [0.2, 0.25) is 5.92 Å². The molecule has 0 spiro atoms. The lowest BCUT2D eigenvalue weighted by Crippen LogP contribution is -2.46. The van der Waals surface area contributed by atoms with Gasteiger partial charge in [0.05, 0.1) is 19.1 Å². The number of nitrogens with zero attached hydrogens (tertiary/aromatic N) is 1. The standard InChI is InChI=1S/C18H25F2NO3/c1-21(23-2)16(22)17(8-10-18(19,20)11-9-17)12-13-24-14-15-6-4-3-5-7-15/h3-7H,8-14H2,1-2H3. The molecular weight excluding hydrogens is 316 g/mol. The van der Waals surface area contributed by atoms with Gasteiger partial charge in [-0.15, -0.1) is 0 Å². The second-order valence-electron chi connectivity index (χ2n) is 6.41. The van der Waals surface area contributed by atoms with Gasteiger partial charge in [0.25, 0.3) is 5.91 Å². The van der Waals surface area contributed by atoms with Crippen LogP contribution in [0.3, 0.4) is 0 Å². The average Bonchev–Trinajstić information content (AvgIpc) is 2.60. The van der Waals surface area contributed by atoms with Crippen LogP contribution in [0.4, 0.5) is 8.78 Å². The molecule has 0 unspecified atom stereocenters. The fourth-order valence-corrected chi connectivity index (χ4v) is 3.11. The topological polar surface area (TPSA) is 38.8 Å². The number of rotatable bonds is 7. The van der Waals surface area contributed by atoms with Crippen LogP contribution in [0.15, 0.2) is 30.3 Å². The lowest BCUT2D eigenvalue weighted by atomic mass is 9.70. The predicted octanol–water partition coefficient (Wildman–Crippen LogP) is 3.81. The molecule has 0 aliphatic heterocycles. The first-order chi connectivity index (χ1) is 11.4. The van der Waals surface area contributed by atoms with E-state index in [1.54, 1.807) is 0 Å². The molecule has 1 aromatic carbocycles. The van der Waals surface area contributed by atoms with Gasteiger partial charge in [-0.05, 0) is 24.8 Å². The minimum atomic E-state index is -2.68. The van der Waals surface area contributed by atoms with Crippen molar-refractivity contribution in [3.05, 3.63) is 35.9 Å². The SMILES string of the molecule is CON(C)C(=O)C1(CCOCc2ccccc2)CCC(F)(F)CC1. The highest BCUT2D eigenvalue weighted by Crippen LogP contribution is 2.46. The first-order valence-electron chi connectivity index (χ1n) is 8.20. The molecule has 0 atom stereocenters. The molecule has 1 aliphatic rings. The van der Waals surface area contributed by atoms with Gasteiger partial charge in [-0.3, -0.25) is 9.63 Å². The smallest absolute Gasteiger partial charge is 0.252 e. The van der Waals surface area contributed by atoms with E-state index in [-0.39, 0.29) is 31.6 Å². The molecule has 1 saturated carbocycles. The fraction of sp³-hybridized carbons (Fsp3) is 0.611. The normalized spacial score (nSPS) is 19.0. The van der Waals surface area contributed by atoms with Crippen LogP contribution in [0.25, 0.3) is 0 Å². The Balaban J connectivity index is 1.95. The molecular formula is C18H25F2NO3. The van der Waals surface area contributed by atoms with Crippen LogP contribution in [0, 0.1) is 5.41 Å². The summed E-state index contributed by atoms with van der Waals surface area (Å²) < 4.78 is 32.7. The Labute approximate surface area is 141 Å². The van der Waals surface area contributed by atoms with Crippen molar-refractivity contribution in [3.63, 3.8) is 0 Å². The molecule has 1 aliphatic carbocycles. The summed E-state index contributed by atoms with van der Waals surface area (Å²) in [7, 11) is 2.91. The summed E-state index contributed by atoms with van der Waals surface area (Å²) >= 11 is 0. The molecule has 0 saturated heterocycles. The van der Waals surface area contributed by atoms with E-state index in [1.807, 2.05) is 30.3 Å². The van der Waals surface area contributed by atoms with E-state index >= 15 is 0 Å². The zero-order valence-corrected chi connectivity index (χ0v) is 14.3. The Morgan fingerprint density at radius 2 is 1.79 bits per heavy atom. The van der Waals surface area contributed by atoms with E-state index in [0.29, 0.717) is 19.6 Å². The molecule has 0 aromatic heterocycles. The zero-order chi connectivity index (χ0) is 17.6. The number of hydrogen-bond donors (Lipinski definition) is 0. The largest absolute Gasteiger partial charge is 0.377 e. The second-order valence-corrected chi connectivity index (χ2v) is 6.41. The lowest BCUT2D eigenvalue weighted by molar-refractivity contribution is -0.188. The van der Waals surface area contributed by atoms with Crippen molar-refractivity contribution in [2.45, 2.75) is 44.6 Å². The Morgan fingerprint density at radius 1 is 1.17 bits per heavy atom. The van der Waals surface area contributed by atoms with Crippen molar-refractivity contribution in [3.8, 4) is 0 Å². The molecule has 0 heterocycles. The second kappa shape index (κ2) is 8.03. The third kappa shape index (κ3) is 4.74. The van der Waals surface area contributed by atoms with E-state index in [2.05, 4.69) is 0 Å². The predicted molar refractivity (Wildman–Crippen MR) is 86.3 cm³/mol. The summed E-state index contributed by atoms with van der Waals surface area (Å²) in [6.07, 6.45) is 0.189. The number of benzene rings is 1. The molecule has 0 N–H and O–H groups in total. The van der Waals surface area contributed by atoms with Crippen LogP contribution in [0.2, 0.25) is 0 Å². The lowest BCUT2D eigenvalue weighted by Gasteiger charge is -2.40. The minimum Gasteiger partial charge on any atom is -0.377 e. The number of halogens is 2. The molecule has 1 fully saturated rings. The maximum Gasteiger partial charge on any atom is 0.252 e. The van der Waals surface area contributed by atoms with Crippen LogP contribution in [0.5, 0.6) is 0 Å². The minimum absolute atomic E-state index is 0.154. The Hall–Kier alpha value is -1.53. The van der Waals surface area contributed by atoms with Gasteiger partial charge < -0.3 is 4.74 Å². The van der Waals surface area contributed by atoms with Gasteiger partial charge in [-0.2, -0.15) is 0 Å². The van der Waals surface area contributed by atoms with E-state index in [1.165, 1.54) is 14.2 Å². The maximum atomic E-state index is 13.5. The summed E-state index contributed by atoms with van der Waals surface area (Å²) in [6, 6.07) is 9.71. The number of hydroxylamine groups is 2. The highest BCUT2D eigenvalue weighted by atomic mass is 19.3. The molecule has 1 amide bonds. The van der Waals surface area contributed by atoms with Crippen LogP contribution in [-0.2, 0) is 21.0 Å². The fourth-order valence-electron chi connectivity index (χ4n) is 3.11. The van der Waals surface area contributed by atoms with E-state index in [9.17, 15) is 13.6 Å². The van der Waals surface area contributed by atoms with Gasteiger partial charge in [0, 0.05) is 26.5 Å². The van der Waals surface area contributed by atoms with Crippen molar-refractivity contribution in [2.75, 3.05) is 20.8 Å². The molecule has 1 aromatic rings. The molecule has 4 nitrogen and oxygen atoms in total. The molecule has 0 bridgehead atoms. The van der Waals surface area contributed by atoms with Crippen molar-refractivity contribution < 1.29 is 23.1 Å². The summed E-state index contributed by atoms with van der Waals surface area (Å²) in [5.74, 6) is -2.93. The van der Waals surface area contributed by atoms with E-state index in [4.69, 9.17) is 9.57 Å². The Kier molecular flexibility index (Phi) is 6.29. The molecule has 134 valence electrons. The van der Waals surface area contributed by atoms with Crippen molar-refractivity contribution >= 4 is 5.91 Å². The van der Waals surface area contributed by atoms with Crippen LogP contribution >= 0.6 is 0 Å². The zero-order valence-electron chi connectivity index (χ0n) is 14.3. The molecule has 0 radical (unpaired) electrons. The molecule has 6 heteroatoms. The van der Waals surface area contributed by atoms with Crippen LogP contribution in [-0.4, -0.2) is 37.7 Å². The van der Waals surface area contributed by atoms with Crippen molar-refractivity contribution in [2.24, 2.45) is 5.41 Å². The number of ether oxygens (including phenoxy) is 1. The molecule has 24 heavy (non-hydrogen) atoms. The first kappa shape index (κ1) is 18.8. The van der Waals surface area contributed by atoms with Gasteiger partial charge in [0.1, 0.15) is 0 Å². The van der Waals surface area contributed by atoms with Gasteiger partial charge in [-0.25, -0.2) is 13.8 Å². The first-order valence-corrected chi connectivity index (χ1v) is 8.20. The number of carbonyl (C=O) groups is 1. The van der Waals surface area contributed by atoms with Gasteiger partial charge in [-0.1, -0.05) is 30.3 Å². The van der Waals surface area contributed by atoms with Crippen molar-refractivity contribution in [1.29, 1.82) is 0 Å². The molecule has 2 rings (SSSR count). The van der Waals surface area contributed by atoms with Crippen molar-refractivity contribution in [1.82, 2.24) is 5.06 Å². The number of carbonyl (C=O) groups excluding carboxylic acids is 1. The number of hydrogen-bond acceptors (Lipinski definition) is 3. The highest BCUT2D eigenvalue weighted by Gasteiger charge is 2.48. The third-order valence-electron chi connectivity index (χ3n) is 4.79. The maximum absolute atomic E-state index is 13.5. The number of amides is 1. The van der Waals surface area contributed by atoms with Crippen LogP contribution in [0.1, 0.15) is 37.7 Å². The summed E-state index contributed by atoms with van der Waals surface area (Å²) in [4.78, 5) is 17.6. The number of alkyl halides is 2. The third-order valence-corrected chi connectivity index (χ3v) is 4.79. The summed E-state index contributed by atoms with van der Waals surface area (Å²) in [5.41, 5.74) is 0.213. The van der Waals surface area contributed by atoms with Gasteiger partial charge in [0.15, 0.2) is 0 Å². The van der Waals surface area contributed by atoms with E-state index < -0.39 is 11.3 Å². The quantitative estimate of drug-likeness (QED) is 0.559. The monoisotopic (exact) mass is 341 g/mol. The summed E-state index contributed by atoms with van der Waals surface area (Å²) in [6.45, 7) is 0.797. The Bertz CT molecular complexity index is 526. The summed E-state index contributed by atoms with van der Waals surface area (Å²) in [5, 5.41) is 1.14. The van der Waals surface area contributed by atoms with Crippen LogP contribution < -0.4 is 0 Å². The highest BCUT2D eigenvalue weighted by molar-refractivity contribution is 5.81. The Morgan fingerprint density at radius 3 is 2.38 bits per heavy atom. The van der Waals surface area contributed by atoms with Gasteiger partial charge >= 0.3 is 0 Å². The van der Waals surface area contributed by atoms with E-state index in [0.717, 1.165) is 10.6 Å².